The maximum Gasteiger partial charge on any atom is 0.135 e. The van der Waals surface area contributed by atoms with Gasteiger partial charge in [-0.15, -0.1) is 0 Å². The van der Waals surface area contributed by atoms with Crippen molar-refractivity contribution >= 4 is 11.6 Å². The van der Waals surface area contributed by atoms with Crippen LogP contribution in [-0.4, -0.2) is 34.3 Å². The zero-order chi connectivity index (χ0) is 13.2. The largest absolute Gasteiger partial charge is 0.394 e. The first-order valence-corrected chi connectivity index (χ1v) is 6.54. The van der Waals surface area contributed by atoms with Crippen molar-refractivity contribution in [2.75, 3.05) is 24.3 Å². The van der Waals surface area contributed by atoms with Crippen molar-refractivity contribution in [1.82, 2.24) is 9.97 Å². The van der Waals surface area contributed by atoms with Crippen molar-refractivity contribution in [3.05, 3.63) is 11.9 Å². The van der Waals surface area contributed by atoms with E-state index in [2.05, 4.69) is 34.4 Å². The van der Waals surface area contributed by atoms with Crippen LogP contribution in [-0.2, 0) is 0 Å². The summed E-state index contributed by atoms with van der Waals surface area (Å²) in [5, 5.41) is 15.9. The van der Waals surface area contributed by atoms with Gasteiger partial charge in [0, 0.05) is 19.0 Å². The molecule has 0 bridgehead atoms. The average molecular weight is 250 g/mol. The summed E-state index contributed by atoms with van der Waals surface area (Å²) in [4.78, 5) is 8.95. The SMILES string of the molecule is CNc1cc(NC2(CO)CCC2)nc(C(C)C)n1. The second-order valence-electron chi connectivity index (χ2n) is 5.32. The molecule has 0 radical (unpaired) electrons. The monoisotopic (exact) mass is 250 g/mol. The van der Waals surface area contributed by atoms with Crippen LogP contribution in [0.1, 0.15) is 44.9 Å². The Kier molecular flexibility index (Phi) is 3.71. The van der Waals surface area contributed by atoms with Gasteiger partial charge in [-0.2, -0.15) is 0 Å². The molecule has 1 aliphatic carbocycles. The van der Waals surface area contributed by atoms with E-state index in [0.717, 1.165) is 36.7 Å². The number of aromatic nitrogens is 2. The molecular weight excluding hydrogens is 228 g/mol. The standard InChI is InChI=1S/C13H22N4O/c1-9(2)12-15-10(14-3)7-11(16-12)17-13(8-18)5-4-6-13/h7,9,18H,4-6,8H2,1-3H3,(H2,14,15,16,17). The molecule has 3 N–H and O–H groups in total. The van der Waals surface area contributed by atoms with Gasteiger partial charge in [0.1, 0.15) is 17.5 Å². The number of nitrogens with one attached hydrogen (secondary N) is 2. The number of hydrogen-bond acceptors (Lipinski definition) is 5. The average Bonchev–Trinajstić information content (AvgIpc) is 2.33. The smallest absolute Gasteiger partial charge is 0.135 e. The Balaban J connectivity index is 2.23. The zero-order valence-corrected chi connectivity index (χ0v) is 11.3. The molecular formula is C13H22N4O. The summed E-state index contributed by atoms with van der Waals surface area (Å²) >= 11 is 0. The molecule has 0 aromatic carbocycles. The van der Waals surface area contributed by atoms with E-state index < -0.39 is 0 Å². The minimum atomic E-state index is -0.173. The maximum absolute atomic E-state index is 9.48. The van der Waals surface area contributed by atoms with Crippen molar-refractivity contribution in [2.45, 2.75) is 44.6 Å². The lowest BCUT2D eigenvalue weighted by molar-refractivity contribution is 0.144. The van der Waals surface area contributed by atoms with Crippen molar-refractivity contribution < 1.29 is 5.11 Å². The molecule has 0 atom stereocenters. The molecule has 1 aliphatic rings. The van der Waals surface area contributed by atoms with E-state index in [1.54, 1.807) is 0 Å². The van der Waals surface area contributed by atoms with Crippen molar-refractivity contribution in [3.8, 4) is 0 Å². The topological polar surface area (TPSA) is 70.1 Å². The van der Waals surface area contributed by atoms with Gasteiger partial charge in [-0.05, 0) is 19.3 Å². The Morgan fingerprint density at radius 3 is 2.44 bits per heavy atom. The van der Waals surface area contributed by atoms with Crippen LogP contribution in [0.15, 0.2) is 6.07 Å². The maximum atomic E-state index is 9.48. The minimum Gasteiger partial charge on any atom is -0.394 e. The van der Waals surface area contributed by atoms with Crippen molar-refractivity contribution in [1.29, 1.82) is 0 Å². The highest BCUT2D eigenvalue weighted by Gasteiger charge is 2.36. The van der Waals surface area contributed by atoms with Crippen LogP contribution in [0, 0.1) is 0 Å². The summed E-state index contributed by atoms with van der Waals surface area (Å²) in [7, 11) is 1.85. The van der Waals surface area contributed by atoms with E-state index in [-0.39, 0.29) is 18.1 Å². The van der Waals surface area contributed by atoms with E-state index >= 15 is 0 Å². The molecule has 0 unspecified atom stereocenters. The van der Waals surface area contributed by atoms with Crippen LogP contribution >= 0.6 is 0 Å². The van der Waals surface area contributed by atoms with Gasteiger partial charge in [-0.3, -0.25) is 0 Å². The molecule has 1 fully saturated rings. The van der Waals surface area contributed by atoms with Crippen molar-refractivity contribution in [2.24, 2.45) is 0 Å². The van der Waals surface area contributed by atoms with Crippen molar-refractivity contribution in [3.63, 3.8) is 0 Å². The fraction of sp³-hybridized carbons (Fsp3) is 0.692. The highest BCUT2D eigenvalue weighted by molar-refractivity contribution is 5.49. The third-order valence-corrected chi connectivity index (χ3v) is 3.52. The Labute approximate surface area is 108 Å². The molecule has 0 aliphatic heterocycles. The molecule has 2 rings (SSSR count). The van der Waals surface area contributed by atoms with Gasteiger partial charge in [-0.25, -0.2) is 9.97 Å². The second-order valence-corrected chi connectivity index (χ2v) is 5.32. The first kappa shape index (κ1) is 13.1. The van der Waals surface area contributed by atoms with E-state index in [4.69, 9.17) is 0 Å². The molecule has 5 heteroatoms. The quantitative estimate of drug-likeness (QED) is 0.745. The zero-order valence-electron chi connectivity index (χ0n) is 11.3. The molecule has 0 spiro atoms. The van der Waals surface area contributed by atoms with Crippen LogP contribution < -0.4 is 10.6 Å². The van der Waals surface area contributed by atoms with Crippen LogP contribution in [0.25, 0.3) is 0 Å². The first-order chi connectivity index (χ1) is 8.58. The van der Waals surface area contributed by atoms with Gasteiger partial charge in [-0.1, -0.05) is 13.8 Å². The number of aliphatic hydroxyl groups excluding tert-OH is 1. The first-order valence-electron chi connectivity index (χ1n) is 6.54. The third kappa shape index (κ3) is 2.56. The second kappa shape index (κ2) is 5.10. The third-order valence-electron chi connectivity index (χ3n) is 3.52. The van der Waals surface area contributed by atoms with E-state index in [1.807, 2.05) is 13.1 Å². The molecule has 1 saturated carbocycles. The Morgan fingerprint density at radius 2 is 2.00 bits per heavy atom. The highest BCUT2D eigenvalue weighted by atomic mass is 16.3. The molecule has 5 nitrogen and oxygen atoms in total. The Bertz CT molecular complexity index is 410. The van der Waals surface area contributed by atoms with Crippen LogP contribution in [0.4, 0.5) is 11.6 Å². The number of anilines is 2. The fourth-order valence-corrected chi connectivity index (χ4v) is 2.11. The van der Waals surface area contributed by atoms with Gasteiger partial charge in [0.2, 0.25) is 0 Å². The molecule has 1 aromatic rings. The Morgan fingerprint density at radius 1 is 1.33 bits per heavy atom. The number of rotatable bonds is 5. The van der Waals surface area contributed by atoms with Gasteiger partial charge < -0.3 is 15.7 Å². The minimum absolute atomic E-state index is 0.156. The van der Waals surface area contributed by atoms with Crippen LogP contribution in [0.3, 0.4) is 0 Å². The van der Waals surface area contributed by atoms with Gasteiger partial charge in [0.05, 0.1) is 12.1 Å². The lowest BCUT2D eigenvalue weighted by atomic mass is 9.77. The van der Waals surface area contributed by atoms with Gasteiger partial charge in [0.25, 0.3) is 0 Å². The summed E-state index contributed by atoms with van der Waals surface area (Å²) in [6.45, 7) is 4.30. The number of aliphatic hydroxyl groups is 1. The molecule has 18 heavy (non-hydrogen) atoms. The normalized spacial score (nSPS) is 17.4. The van der Waals surface area contributed by atoms with E-state index in [9.17, 15) is 5.11 Å². The van der Waals surface area contributed by atoms with Gasteiger partial charge in [0.15, 0.2) is 0 Å². The van der Waals surface area contributed by atoms with Crippen LogP contribution in [0.2, 0.25) is 0 Å². The van der Waals surface area contributed by atoms with Gasteiger partial charge >= 0.3 is 0 Å². The summed E-state index contributed by atoms with van der Waals surface area (Å²) in [5.41, 5.74) is -0.173. The predicted octanol–water partition coefficient (Wildman–Crippen LogP) is 1.97. The van der Waals surface area contributed by atoms with E-state index in [1.165, 1.54) is 0 Å². The Hall–Kier alpha value is -1.36. The summed E-state index contributed by atoms with van der Waals surface area (Å²) in [5.74, 6) is 2.71. The molecule has 0 amide bonds. The molecule has 100 valence electrons. The summed E-state index contributed by atoms with van der Waals surface area (Å²) < 4.78 is 0. The summed E-state index contributed by atoms with van der Waals surface area (Å²) in [6.07, 6.45) is 3.16. The fourth-order valence-electron chi connectivity index (χ4n) is 2.11. The van der Waals surface area contributed by atoms with E-state index in [0.29, 0.717) is 0 Å². The number of nitrogens with zero attached hydrogens (tertiary/aromatic N) is 2. The molecule has 1 heterocycles. The lowest BCUT2D eigenvalue weighted by Gasteiger charge is -2.41. The molecule has 1 aromatic heterocycles. The summed E-state index contributed by atoms with van der Waals surface area (Å²) in [6, 6.07) is 1.89. The molecule has 0 saturated heterocycles. The highest BCUT2D eigenvalue weighted by Crippen LogP contribution is 2.34. The van der Waals surface area contributed by atoms with Crippen LogP contribution in [0.5, 0.6) is 0 Å². The predicted molar refractivity (Wildman–Crippen MR) is 73.0 cm³/mol. The number of hydrogen-bond donors (Lipinski definition) is 3. The lowest BCUT2D eigenvalue weighted by Crippen LogP contribution is -2.48.